The molecule has 1 unspecified atom stereocenters. The fraction of sp³-hybridized carbons (Fsp3) is 0.333. The van der Waals surface area contributed by atoms with Crippen LogP contribution in [0.5, 0.6) is 0 Å². The van der Waals surface area contributed by atoms with Gasteiger partial charge in [0.25, 0.3) is 0 Å². The highest BCUT2D eigenvalue weighted by atomic mass is 19.1. The number of primary amides is 2. The van der Waals surface area contributed by atoms with Crippen molar-refractivity contribution in [1.82, 2.24) is 4.90 Å². The minimum absolute atomic E-state index is 0.145. The molecule has 0 radical (unpaired) electrons. The molecule has 1 rings (SSSR count). The van der Waals surface area contributed by atoms with E-state index in [0.717, 1.165) is 0 Å². The van der Waals surface area contributed by atoms with Crippen molar-refractivity contribution in [3.05, 3.63) is 35.6 Å². The van der Waals surface area contributed by atoms with Crippen molar-refractivity contribution in [2.45, 2.75) is 6.04 Å². The topological polar surface area (TPSA) is 115 Å². The molecule has 0 spiro atoms. The smallest absolute Gasteiger partial charge is 0.231 e. The van der Waals surface area contributed by atoms with Gasteiger partial charge in [0.2, 0.25) is 11.8 Å². The first-order valence-electron chi connectivity index (χ1n) is 5.70. The normalized spacial score (nSPS) is 12.4. The van der Waals surface area contributed by atoms with E-state index in [0.29, 0.717) is 5.56 Å². The summed E-state index contributed by atoms with van der Waals surface area (Å²) in [6.45, 7) is -0.156. The van der Waals surface area contributed by atoms with E-state index in [9.17, 15) is 14.0 Å². The van der Waals surface area contributed by atoms with Gasteiger partial charge in [-0.15, -0.1) is 0 Å². The van der Waals surface area contributed by atoms with Crippen molar-refractivity contribution in [3.8, 4) is 0 Å². The van der Waals surface area contributed by atoms with Crippen molar-refractivity contribution >= 4 is 11.8 Å². The number of nitrogens with two attached hydrogens (primary N) is 3. The highest BCUT2D eigenvalue weighted by molar-refractivity contribution is 5.79. The second-order valence-corrected chi connectivity index (χ2v) is 4.14. The van der Waals surface area contributed by atoms with Crippen LogP contribution in [0, 0.1) is 5.82 Å². The number of benzene rings is 1. The van der Waals surface area contributed by atoms with Gasteiger partial charge in [-0.25, -0.2) is 4.39 Å². The Labute approximate surface area is 110 Å². The molecular weight excluding hydrogens is 251 g/mol. The maximum Gasteiger partial charge on any atom is 0.231 e. The van der Waals surface area contributed by atoms with Crippen LogP contribution < -0.4 is 17.2 Å². The molecule has 1 aromatic carbocycles. The lowest BCUT2D eigenvalue weighted by Crippen LogP contribution is -2.44. The van der Waals surface area contributed by atoms with Crippen LogP contribution in [0.15, 0.2) is 24.3 Å². The fourth-order valence-corrected chi connectivity index (χ4v) is 1.86. The third kappa shape index (κ3) is 4.65. The van der Waals surface area contributed by atoms with Gasteiger partial charge in [0.1, 0.15) is 5.82 Å². The van der Waals surface area contributed by atoms with Crippen molar-refractivity contribution in [2.24, 2.45) is 17.2 Å². The lowest BCUT2D eigenvalue weighted by atomic mass is 10.0. The van der Waals surface area contributed by atoms with E-state index >= 15 is 0 Å². The van der Waals surface area contributed by atoms with Gasteiger partial charge in [0, 0.05) is 12.6 Å². The zero-order valence-corrected chi connectivity index (χ0v) is 10.4. The zero-order valence-electron chi connectivity index (χ0n) is 10.4. The Bertz CT molecular complexity index is 434. The molecule has 1 atom stereocenters. The van der Waals surface area contributed by atoms with E-state index in [4.69, 9.17) is 17.2 Å². The van der Waals surface area contributed by atoms with E-state index in [2.05, 4.69) is 0 Å². The van der Waals surface area contributed by atoms with E-state index in [1.807, 2.05) is 0 Å². The van der Waals surface area contributed by atoms with Gasteiger partial charge in [-0.1, -0.05) is 12.1 Å². The molecule has 0 heterocycles. The van der Waals surface area contributed by atoms with Gasteiger partial charge in [0.15, 0.2) is 0 Å². The third-order valence-electron chi connectivity index (χ3n) is 2.64. The van der Waals surface area contributed by atoms with E-state index < -0.39 is 17.9 Å². The predicted molar refractivity (Wildman–Crippen MR) is 68.2 cm³/mol. The van der Waals surface area contributed by atoms with Gasteiger partial charge in [-0.3, -0.25) is 14.5 Å². The summed E-state index contributed by atoms with van der Waals surface area (Å²) < 4.78 is 12.9. The minimum atomic E-state index is -0.596. The molecule has 0 aromatic heterocycles. The van der Waals surface area contributed by atoms with Crippen molar-refractivity contribution < 1.29 is 14.0 Å². The van der Waals surface area contributed by atoms with Crippen molar-refractivity contribution in [2.75, 3.05) is 19.6 Å². The SMILES string of the molecule is NCC(c1ccc(F)cc1)N(CC(N)=O)CC(N)=O. The van der Waals surface area contributed by atoms with E-state index in [-0.39, 0.29) is 25.5 Å². The second kappa shape index (κ2) is 6.81. The number of hydrogen-bond acceptors (Lipinski definition) is 4. The number of halogens is 1. The third-order valence-corrected chi connectivity index (χ3v) is 2.64. The molecule has 0 saturated carbocycles. The Morgan fingerprint density at radius 3 is 1.95 bits per heavy atom. The highest BCUT2D eigenvalue weighted by Crippen LogP contribution is 2.19. The molecule has 6 nitrogen and oxygen atoms in total. The van der Waals surface area contributed by atoms with Gasteiger partial charge < -0.3 is 17.2 Å². The summed E-state index contributed by atoms with van der Waals surface area (Å²) in [7, 11) is 0. The molecular formula is C12H17FN4O2. The van der Waals surface area contributed by atoms with Crippen LogP contribution in [0.4, 0.5) is 4.39 Å². The fourth-order valence-electron chi connectivity index (χ4n) is 1.86. The first-order valence-corrected chi connectivity index (χ1v) is 5.70. The van der Waals surface area contributed by atoms with Gasteiger partial charge in [-0.05, 0) is 17.7 Å². The van der Waals surface area contributed by atoms with Crippen LogP contribution in [-0.4, -0.2) is 36.3 Å². The standard InChI is InChI=1S/C12H17FN4O2/c13-9-3-1-8(2-4-9)10(5-14)17(6-11(15)18)7-12(16)19/h1-4,10H,5-7,14H2,(H2,15,18)(H2,16,19). The monoisotopic (exact) mass is 268 g/mol. The average Bonchev–Trinajstić information content (AvgIpc) is 2.30. The molecule has 6 N–H and O–H groups in total. The summed E-state index contributed by atoms with van der Waals surface area (Å²) >= 11 is 0. The Hall–Kier alpha value is -1.99. The number of carbonyl (C=O) groups excluding carboxylic acids is 2. The quantitative estimate of drug-likeness (QED) is 0.594. The molecule has 2 amide bonds. The Balaban J connectivity index is 2.97. The zero-order chi connectivity index (χ0) is 14.4. The summed E-state index contributed by atoms with van der Waals surface area (Å²) in [4.78, 5) is 23.5. The molecule has 0 fully saturated rings. The molecule has 0 aliphatic carbocycles. The van der Waals surface area contributed by atoms with Crippen LogP contribution >= 0.6 is 0 Å². The summed E-state index contributed by atoms with van der Waals surface area (Å²) in [5, 5.41) is 0. The lowest BCUT2D eigenvalue weighted by molar-refractivity contribution is -0.122. The second-order valence-electron chi connectivity index (χ2n) is 4.14. The lowest BCUT2D eigenvalue weighted by Gasteiger charge is -2.29. The van der Waals surface area contributed by atoms with Crippen LogP contribution in [-0.2, 0) is 9.59 Å². The average molecular weight is 268 g/mol. The Morgan fingerprint density at radius 1 is 1.11 bits per heavy atom. The highest BCUT2D eigenvalue weighted by Gasteiger charge is 2.22. The number of amides is 2. The van der Waals surface area contributed by atoms with E-state index in [1.165, 1.54) is 17.0 Å². The first-order chi connectivity index (χ1) is 8.93. The summed E-state index contributed by atoms with van der Waals surface area (Å²) in [6, 6.07) is 5.22. The van der Waals surface area contributed by atoms with Crippen molar-refractivity contribution in [3.63, 3.8) is 0 Å². The number of carbonyl (C=O) groups is 2. The first kappa shape index (κ1) is 15.1. The van der Waals surface area contributed by atoms with Gasteiger partial charge in [0.05, 0.1) is 13.1 Å². The number of hydrogen-bond donors (Lipinski definition) is 3. The van der Waals surface area contributed by atoms with E-state index in [1.54, 1.807) is 12.1 Å². The molecule has 19 heavy (non-hydrogen) atoms. The van der Waals surface area contributed by atoms with Crippen LogP contribution in [0.2, 0.25) is 0 Å². The van der Waals surface area contributed by atoms with Crippen LogP contribution in [0.3, 0.4) is 0 Å². The Morgan fingerprint density at radius 2 is 1.58 bits per heavy atom. The maximum atomic E-state index is 12.9. The molecule has 0 saturated heterocycles. The van der Waals surface area contributed by atoms with Crippen LogP contribution in [0.25, 0.3) is 0 Å². The molecule has 0 aliphatic heterocycles. The van der Waals surface area contributed by atoms with Gasteiger partial charge in [-0.2, -0.15) is 0 Å². The molecule has 104 valence electrons. The summed E-state index contributed by atoms with van der Waals surface area (Å²) in [5.41, 5.74) is 16.6. The molecule has 7 heteroatoms. The Kier molecular flexibility index (Phi) is 5.40. The van der Waals surface area contributed by atoms with Crippen molar-refractivity contribution in [1.29, 1.82) is 0 Å². The minimum Gasteiger partial charge on any atom is -0.369 e. The largest absolute Gasteiger partial charge is 0.369 e. The number of nitrogens with zero attached hydrogens (tertiary/aromatic N) is 1. The maximum absolute atomic E-state index is 12.9. The summed E-state index contributed by atoms with van der Waals surface area (Å²) in [6.07, 6.45) is 0. The molecule has 0 aliphatic rings. The molecule has 0 bridgehead atoms. The number of rotatable bonds is 7. The van der Waals surface area contributed by atoms with Crippen LogP contribution in [0.1, 0.15) is 11.6 Å². The predicted octanol–water partition coefficient (Wildman–Crippen LogP) is -0.902. The molecule has 1 aromatic rings. The summed E-state index contributed by atoms with van der Waals surface area (Å²) in [5.74, 6) is -1.57. The van der Waals surface area contributed by atoms with Gasteiger partial charge >= 0.3 is 0 Å².